The van der Waals surface area contributed by atoms with Crippen molar-refractivity contribution in [3.63, 3.8) is 0 Å². The number of hydrogen-bond acceptors (Lipinski definition) is 4. The molecule has 4 nitrogen and oxygen atoms in total. The van der Waals surface area contributed by atoms with Crippen LogP contribution in [0.1, 0.15) is 13.3 Å². The normalized spacial score (nSPS) is 41.3. The third-order valence-corrected chi connectivity index (χ3v) is 3.71. The van der Waals surface area contributed by atoms with Crippen LogP contribution < -0.4 is 0 Å². The summed E-state index contributed by atoms with van der Waals surface area (Å²) < 4.78 is 8.99. The lowest BCUT2D eigenvalue weighted by Crippen LogP contribution is -2.38. The first kappa shape index (κ1) is 9.45. The average molecular weight is 314 g/mol. The Morgan fingerprint density at radius 3 is 2.62 bits per heavy atom. The molecule has 2 atom stereocenters. The van der Waals surface area contributed by atoms with Gasteiger partial charge in [-0.25, -0.2) is 4.79 Å². The summed E-state index contributed by atoms with van der Waals surface area (Å²) in [4.78, 5) is 22.3. The Bertz CT molecular complexity index is 301. The molecule has 0 spiro atoms. The SMILES string of the molecule is C[C@]12CC(=O)O[C@H]1C(Br)(Br)C(=O)O2. The van der Waals surface area contributed by atoms with Gasteiger partial charge in [-0.05, 0) is 6.92 Å². The second kappa shape index (κ2) is 2.48. The minimum atomic E-state index is -1.08. The number of fused-ring (bicyclic) bond motifs is 1. The summed E-state index contributed by atoms with van der Waals surface area (Å²) >= 11 is 6.28. The van der Waals surface area contributed by atoms with Gasteiger partial charge in [0.2, 0.25) is 3.23 Å². The zero-order valence-electron chi connectivity index (χ0n) is 6.67. The van der Waals surface area contributed by atoms with E-state index in [-0.39, 0.29) is 12.4 Å². The standard InChI is InChI=1S/C7H6Br2O4/c1-6-2-3(10)12-4(6)7(8,9)5(11)13-6/h4H,2H2,1H3/t4-,6+/m1/s1. The van der Waals surface area contributed by atoms with Gasteiger partial charge in [-0.3, -0.25) is 4.79 Å². The molecular formula is C7H6Br2O4. The van der Waals surface area contributed by atoms with E-state index in [1.54, 1.807) is 6.92 Å². The molecule has 2 aliphatic rings. The van der Waals surface area contributed by atoms with E-state index in [0.717, 1.165) is 0 Å². The third kappa shape index (κ3) is 1.15. The van der Waals surface area contributed by atoms with Crippen LogP contribution in [0.3, 0.4) is 0 Å². The van der Waals surface area contributed by atoms with Crippen LogP contribution in [-0.2, 0) is 19.1 Å². The van der Waals surface area contributed by atoms with E-state index in [9.17, 15) is 9.59 Å². The fraction of sp³-hybridized carbons (Fsp3) is 0.714. The first-order valence-corrected chi connectivity index (χ1v) is 5.25. The molecule has 2 saturated heterocycles. The van der Waals surface area contributed by atoms with Gasteiger partial charge >= 0.3 is 11.9 Å². The summed E-state index contributed by atoms with van der Waals surface area (Å²) in [5, 5.41) is 0. The fourth-order valence-electron chi connectivity index (χ4n) is 1.61. The predicted molar refractivity (Wildman–Crippen MR) is 49.6 cm³/mol. The Morgan fingerprint density at radius 2 is 2.08 bits per heavy atom. The lowest BCUT2D eigenvalue weighted by Gasteiger charge is -2.20. The Hall–Kier alpha value is -0.100. The van der Waals surface area contributed by atoms with Gasteiger partial charge in [0.25, 0.3) is 0 Å². The highest BCUT2D eigenvalue weighted by Gasteiger charge is 2.67. The number of carbonyl (C=O) groups is 2. The van der Waals surface area contributed by atoms with Gasteiger partial charge in [-0.1, -0.05) is 31.9 Å². The molecular weight excluding hydrogens is 308 g/mol. The number of esters is 2. The lowest BCUT2D eigenvalue weighted by molar-refractivity contribution is -0.147. The molecule has 2 heterocycles. The van der Waals surface area contributed by atoms with Crippen molar-refractivity contribution in [3.05, 3.63) is 0 Å². The molecule has 2 rings (SSSR count). The van der Waals surface area contributed by atoms with Crippen LogP contribution in [0.4, 0.5) is 0 Å². The van der Waals surface area contributed by atoms with Gasteiger partial charge in [0, 0.05) is 0 Å². The highest BCUT2D eigenvalue weighted by Crippen LogP contribution is 2.51. The Kier molecular flexibility index (Phi) is 1.80. The number of halogens is 2. The Morgan fingerprint density at radius 1 is 1.46 bits per heavy atom. The molecule has 0 aromatic heterocycles. The van der Waals surface area contributed by atoms with Crippen molar-refractivity contribution in [3.8, 4) is 0 Å². The maximum Gasteiger partial charge on any atom is 0.338 e. The smallest absolute Gasteiger partial charge is 0.338 e. The minimum Gasteiger partial charge on any atom is -0.455 e. The van der Waals surface area contributed by atoms with Gasteiger partial charge in [0.05, 0.1) is 6.42 Å². The molecule has 72 valence electrons. The van der Waals surface area contributed by atoms with Crippen molar-refractivity contribution in [1.82, 2.24) is 0 Å². The van der Waals surface area contributed by atoms with E-state index in [2.05, 4.69) is 31.9 Å². The molecule has 0 amide bonds. The van der Waals surface area contributed by atoms with Crippen molar-refractivity contribution < 1.29 is 19.1 Å². The molecule has 2 fully saturated rings. The first-order chi connectivity index (χ1) is 5.86. The van der Waals surface area contributed by atoms with Gasteiger partial charge < -0.3 is 9.47 Å². The molecule has 13 heavy (non-hydrogen) atoms. The van der Waals surface area contributed by atoms with E-state index >= 15 is 0 Å². The van der Waals surface area contributed by atoms with Crippen LogP contribution in [0.15, 0.2) is 0 Å². The van der Waals surface area contributed by atoms with Crippen LogP contribution in [0, 0.1) is 0 Å². The topological polar surface area (TPSA) is 52.6 Å². The summed E-state index contributed by atoms with van der Waals surface area (Å²) in [7, 11) is 0. The number of alkyl halides is 2. The highest BCUT2D eigenvalue weighted by atomic mass is 79.9. The quantitative estimate of drug-likeness (QED) is 0.496. The summed E-state index contributed by atoms with van der Waals surface area (Å²) in [5.41, 5.74) is -0.832. The molecule has 2 aliphatic heterocycles. The summed E-state index contributed by atoms with van der Waals surface area (Å²) in [6.07, 6.45) is -0.484. The first-order valence-electron chi connectivity index (χ1n) is 3.67. The predicted octanol–water partition coefficient (Wildman–Crippen LogP) is 1.10. The van der Waals surface area contributed by atoms with E-state index in [4.69, 9.17) is 9.47 Å². The van der Waals surface area contributed by atoms with Gasteiger partial charge in [-0.2, -0.15) is 0 Å². The van der Waals surface area contributed by atoms with Crippen LogP contribution in [0.5, 0.6) is 0 Å². The second-order valence-corrected chi connectivity index (χ2v) is 6.94. The molecule has 0 aromatic carbocycles. The Balaban J connectivity index is 2.40. The number of ether oxygens (including phenoxy) is 2. The van der Waals surface area contributed by atoms with Crippen molar-refractivity contribution in [2.45, 2.75) is 28.3 Å². The fourth-order valence-corrected chi connectivity index (χ4v) is 2.93. The van der Waals surface area contributed by atoms with Crippen molar-refractivity contribution in [1.29, 1.82) is 0 Å². The summed E-state index contributed by atoms with van der Waals surface area (Å²) in [5.74, 6) is -0.796. The molecule has 0 radical (unpaired) electrons. The van der Waals surface area contributed by atoms with Crippen LogP contribution in [-0.4, -0.2) is 26.9 Å². The van der Waals surface area contributed by atoms with Crippen LogP contribution in [0.25, 0.3) is 0 Å². The monoisotopic (exact) mass is 312 g/mol. The minimum absolute atomic E-state index is 0.113. The zero-order valence-corrected chi connectivity index (χ0v) is 9.85. The van der Waals surface area contributed by atoms with Crippen molar-refractivity contribution in [2.75, 3.05) is 0 Å². The van der Waals surface area contributed by atoms with Crippen LogP contribution in [0.2, 0.25) is 0 Å². The van der Waals surface area contributed by atoms with Crippen molar-refractivity contribution in [2.24, 2.45) is 0 Å². The lowest BCUT2D eigenvalue weighted by atomic mass is 9.98. The maximum absolute atomic E-state index is 11.3. The second-order valence-electron chi connectivity index (χ2n) is 3.37. The Labute approximate surface area is 91.2 Å². The number of hydrogen-bond donors (Lipinski definition) is 0. The van der Waals surface area contributed by atoms with Gasteiger partial charge in [0.15, 0.2) is 11.7 Å². The van der Waals surface area contributed by atoms with Gasteiger partial charge in [0.1, 0.15) is 0 Å². The zero-order chi connectivity index (χ0) is 9.85. The molecule has 0 unspecified atom stereocenters. The van der Waals surface area contributed by atoms with Crippen LogP contribution >= 0.6 is 31.9 Å². The third-order valence-electron chi connectivity index (χ3n) is 2.23. The molecule has 0 bridgehead atoms. The largest absolute Gasteiger partial charge is 0.455 e. The number of carbonyl (C=O) groups excluding carboxylic acids is 2. The highest BCUT2D eigenvalue weighted by molar-refractivity contribution is 9.26. The summed E-state index contributed by atoms with van der Waals surface area (Å²) in [6.45, 7) is 1.69. The molecule has 0 aliphatic carbocycles. The molecule has 0 saturated carbocycles. The average Bonchev–Trinajstić information content (AvgIpc) is 2.32. The van der Waals surface area contributed by atoms with E-state index in [0.29, 0.717) is 0 Å². The van der Waals surface area contributed by atoms with E-state index in [1.165, 1.54) is 0 Å². The number of rotatable bonds is 0. The van der Waals surface area contributed by atoms with E-state index < -0.39 is 20.9 Å². The molecule has 0 aromatic rings. The maximum atomic E-state index is 11.3. The van der Waals surface area contributed by atoms with Crippen molar-refractivity contribution >= 4 is 43.8 Å². The van der Waals surface area contributed by atoms with E-state index in [1.807, 2.05) is 0 Å². The summed E-state index contributed by atoms with van der Waals surface area (Å²) in [6, 6.07) is 0. The van der Waals surface area contributed by atoms with Gasteiger partial charge in [-0.15, -0.1) is 0 Å². The molecule has 6 heteroatoms. The molecule has 0 N–H and O–H groups in total.